The molecule has 0 bridgehead atoms. The van der Waals surface area contributed by atoms with E-state index in [0.717, 1.165) is 32.5 Å². The molecule has 1 atom stereocenters. The monoisotopic (exact) mass is 320 g/mol. The SMILES string of the molecule is CCN(C)CCNS(=O)(=O)N1CCCC(CNC(C)C)C1. The lowest BCUT2D eigenvalue weighted by Gasteiger charge is -2.32. The highest BCUT2D eigenvalue weighted by molar-refractivity contribution is 7.87. The zero-order valence-electron chi connectivity index (χ0n) is 13.9. The summed E-state index contributed by atoms with van der Waals surface area (Å²) in [5.41, 5.74) is 0. The van der Waals surface area contributed by atoms with E-state index in [9.17, 15) is 8.42 Å². The smallest absolute Gasteiger partial charge is 0.279 e. The molecule has 0 aromatic carbocycles. The summed E-state index contributed by atoms with van der Waals surface area (Å²) in [7, 11) is -1.34. The molecule has 2 N–H and O–H groups in total. The Morgan fingerprint density at radius 1 is 1.38 bits per heavy atom. The highest BCUT2D eigenvalue weighted by Crippen LogP contribution is 2.18. The Morgan fingerprint density at radius 2 is 2.10 bits per heavy atom. The molecule has 1 fully saturated rings. The number of hydrogen-bond acceptors (Lipinski definition) is 4. The molecule has 1 heterocycles. The van der Waals surface area contributed by atoms with Crippen LogP contribution in [-0.4, -0.2) is 70.0 Å². The highest BCUT2D eigenvalue weighted by Gasteiger charge is 2.28. The van der Waals surface area contributed by atoms with Crippen molar-refractivity contribution in [2.45, 2.75) is 39.7 Å². The van der Waals surface area contributed by atoms with Crippen LogP contribution in [0.2, 0.25) is 0 Å². The van der Waals surface area contributed by atoms with Crippen molar-refractivity contribution in [3.8, 4) is 0 Å². The molecule has 0 aromatic rings. The Hall–Kier alpha value is -0.210. The Labute approximate surface area is 130 Å². The number of hydrogen-bond donors (Lipinski definition) is 2. The van der Waals surface area contributed by atoms with Crippen molar-refractivity contribution in [1.29, 1.82) is 0 Å². The molecule has 1 unspecified atom stereocenters. The molecule has 0 amide bonds. The molecule has 0 spiro atoms. The van der Waals surface area contributed by atoms with Crippen molar-refractivity contribution < 1.29 is 8.42 Å². The summed E-state index contributed by atoms with van der Waals surface area (Å²) in [6.07, 6.45) is 2.05. The largest absolute Gasteiger partial charge is 0.314 e. The third-order valence-electron chi connectivity index (χ3n) is 3.95. The second-order valence-corrected chi connectivity index (χ2v) is 7.98. The van der Waals surface area contributed by atoms with Gasteiger partial charge in [0.25, 0.3) is 10.2 Å². The second-order valence-electron chi connectivity index (χ2n) is 6.22. The molecule has 7 heteroatoms. The number of rotatable bonds is 9. The summed E-state index contributed by atoms with van der Waals surface area (Å²) in [6.45, 7) is 10.6. The van der Waals surface area contributed by atoms with Gasteiger partial charge < -0.3 is 10.2 Å². The van der Waals surface area contributed by atoms with E-state index in [2.05, 4.69) is 35.7 Å². The fourth-order valence-corrected chi connectivity index (χ4v) is 3.74. The molecule has 1 saturated heterocycles. The van der Waals surface area contributed by atoms with Gasteiger partial charge in [-0.1, -0.05) is 20.8 Å². The van der Waals surface area contributed by atoms with Gasteiger partial charge in [-0.25, -0.2) is 4.72 Å². The Kier molecular flexibility index (Phi) is 8.12. The van der Waals surface area contributed by atoms with Crippen molar-refractivity contribution in [1.82, 2.24) is 19.2 Å². The standard InChI is InChI=1S/C14H32N4O2S/c1-5-17(4)10-8-16-21(19,20)18-9-6-7-14(12-18)11-15-13(2)3/h13-16H,5-12H2,1-4H3. The predicted molar refractivity (Wildman–Crippen MR) is 87.5 cm³/mol. The van der Waals surface area contributed by atoms with Gasteiger partial charge in [0, 0.05) is 32.2 Å². The number of nitrogens with zero attached hydrogens (tertiary/aromatic N) is 2. The van der Waals surface area contributed by atoms with E-state index in [1.165, 1.54) is 0 Å². The Balaban J connectivity index is 2.42. The van der Waals surface area contributed by atoms with Gasteiger partial charge in [-0.2, -0.15) is 12.7 Å². The third-order valence-corrected chi connectivity index (χ3v) is 5.53. The van der Waals surface area contributed by atoms with Crippen LogP contribution < -0.4 is 10.0 Å². The van der Waals surface area contributed by atoms with Crippen LogP contribution >= 0.6 is 0 Å². The van der Waals surface area contributed by atoms with Crippen LogP contribution in [-0.2, 0) is 10.2 Å². The fourth-order valence-electron chi connectivity index (χ4n) is 2.43. The van der Waals surface area contributed by atoms with Gasteiger partial charge in [-0.3, -0.25) is 0 Å². The Morgan fingerprint density at radius 3 is 2.71 bits per heavy atom. The van der Waals surface area contributed by atoms with Crippen molar-refractivity contribution in [2.24, 2.45) is 5.92 Å². The van der Waals surface area contributed by atoms with Crippen LogP contribution in [0.15, 0.2) is 0 Å². The van der Waals surface area contributed by atoms with E-state index in [4.69, 9.17) is 0 Å². The van der Waals surface area contributed by atoms with Crippen molar-refractivity contribution >= 4 is 10.2 Å². The van der Waals surface area contributed by atoms with Crippen LogP contribution in [0.25, 0.3) is 0 Å². The molecule has 1 rings (SSSR count). The normalized spacial score (nSPS) is 21.3. The average Bonchev–Trinajstić information content (AvgIpc) is 2.45. The zero-order valence-corrected chi connectivity index (χ0v) is 14.7. The number of likely N-dealkylation sites (N-methyl/N-ethyl adjacent to an activating group) is 1. The van der Waals surface area contributed by atoms with E-state index in [0.29, 0.717) is 31.6 Å². The van der Waals surface area contributed by atoms with Gasteiger partial charge in [0.2, 0.25) is 0 Å². The minimum Gasteiger partial charge on any atom is -0.314 e. The van der Waals surface area contributed by atoms with E-state index in [1.54, 1.807) is 4.31 Å². The summed E-state index contributed by atoms with van der Waals surface area (Å²) in [4.78, 5) is 2.09. The summed E-state index contributed by atoms with van der Waals surface area (Å²) in [5.74, 6) is 0.413. The van der Waals surface area contributed by atoms with E-state index in [-0.39, 0.29) is 0 Å². The molecule has 0 radical (unpaired) electrons. The molecule has 1 aliphatic rings. The van der Waals surface area contributed by atoms with Gasteiger partial charge in [0.05, 0.1) is 0 Å². The van der Waals surface area contributed by atoms with Gasteiger partial charge >= 0.3 is 0 Å². The van der Waals surface area contributed by atoms with Gasteiger partial charge in [0.15, 0.2) is 0 Å². The van der Waals surface area contributed by atoms with Crippen LogP contribution in [0.4, 0.5) is 0 Å². The first kappa shape index (κ1) is 18.8. The molecular formula is C14H32N4O2S. The van der Waals surface area contributed by atoms with Crippen LogP contribution in [0, 0.1) is 5.92 Å². The lowest BCUT2D eigenvalue weighted by atomic mass is 9.99. The first-order chi connectivity index (χ1) is 9.85. The maximum Gasteiger partial charge on any atom is 0.279 e. The summed E-state index contributed by atoms with van der Waals surface area (Å²) < 4.78 is 29.0. The molecular weight excluding hydrogens is 288 g/mol. The minimum absolute atomic E-state index is 0.413. The van der Waals surface area contributed by atoms with Gasteiger partial charge in [0.1, 0.15) is 0 Å². The summed E-state index contributed by atoms with van der Waals surface area (Å²) >= 11 is 0. The lowest BCUT2D eigenvalue weighted by molar-refractivity contribution is 0.253. The van der Waals surface area contributed by atoms with Crippen LogP contribution in [0.5, 0.6) is 0 Å². The maximum atomic E-state index is 12.3. The Bertz CT molecular complexity index is 386. The van der Waals surface area contributed by atoms with Crippen LogP contribution in [0.1, 0.15) is 33.6 Å². The molecule has 0 aromatic heterocycles. The number of nitrogens with one attached hydrogen (secondary N) is 2. The van der Waals surface area contributed by atoms with Crippen LogP contribution in [0.3, 0.4) is 0 Å². The molecule has 126 valence electrons. The second kappa shape index (κ2) is 9.05. The highest BCUT2D eigenvalue weighted by atomic mass is 32.2. The van der Waals surface area contributed by atoms with Gasteiger partial charge in [-0.15, -0.1) is 0 Å². The predicted octanol–water partition coefficient (Wildman–Crippen LogP) is 0.483. The van der Waals surface area contributed by atoms with E-state index in [1.807, 2.05) is 7.05 Å². The minimum atomic E-state index is -3.33. The molecule has 21 heavy (non-hydrogen) atoms. The van der Waals surface area contributed by atoms with Crippen molar-refractivity contribution in [3.63, 3.8) is 0 Å². The van der Waals surface area contributed by atoms with E-state index >= 15 is 0 Å². The lowest BCUT2D eigenvalue weighted by Crippen LogP contribution is -2.49. The topological polar surface area (TPSA) is 64.7 Å². The first-order valence-corrected chi connectivity index (χ1v) is 9.45. The van der Waals surface area contributed by atoms with Gasteiger partial charge in [-0.05, 0) is 38.9 Å². The molecule has 0 saturated carbocycles. The quantitative estimate of drug-likeness (QED) is 0.649. The first-order valence-electron chi connectivity index (χ1n) is 8.01. The van der Waals surface area contributed by atoms with Crippen molar-refractivity contribution in [3.05, 3.63) is 0 Å². The zero-order chi connectivity index (χ0) is 15.9. The maximum absolute atomic E-state index is 12.3. The van der Waals surface area contributed by atoms with E-state index < -0.39 is 10.2 Å². The summed E-state index contributed by atoms with van der Waals surface area (Å²) in [5, 5.41) is 3.40. The fraction of sp³-hybridized carbons (Fsp3) is 1.00. The molecule has 1 aliphatic heterocycles. The summed E-state index contributed by atoms with van der Waals surface area (Å²) in [6, 6.07) is 0.444. The molecule has 0 aliphatic carbocycles. The van der Waals surface area contributed by atoms with Crippen molar-refractivity contribution in [2.75, 3.05) is 46.3 Å². The number of piperidine rings is 1. The molecule has 6 nitrogen and oxygen atoms in total. The third kappa shape index (κ3) is 7.06. The average molecular weight is 321 g/mol.